The average molecular weight is 401 g/mol. The molecule has 1 heterocycles. The van der Waals surface area contributed by atoms with Crippen LogP contribution in [0.4, 0.5) is 4.39 Å². The summed E-state index contributed by atoms with van der Waals surface area (Å²) in [6.45, 7) is 4.74. The Morgan fingerprint density at radius 1 is 1.00 bits per heavy atom. The minimum Gasteiger partial charge on any atom is -0.346 e. The molecule has 2 aromatic carbocycles. The van der Waals surface area contributed by atoms with E-state index in [0.29, 0.717) is 18.0 Å². The summed E-state index contributed by atoms with van der Waals surface area (Å²) >= 11 is 0. The van der Waals surface area contributed by atoms with Crippen molar-refractivity contribution in [3.05, 3.63) is 89.5 Å². The molecule has 28 heavy (non-hydrogen) atoms. The number of hydrogen-bond acceptors (Lipinski definition) is 2. The molecule has 0 spiro atoms. The van der Waals surface area contributed by atoms with Crippen molar-refractivity contribution < 1.29 is 12.8 Å². The van der Waals surface area contributed by atoms with E-state index in [2.05, 4.69) is 18.6 Å². The maximum atomic E-state index is 13.9. The quantitative estimate of drug-likeness (QED) is 0.611. The first-order valence-electron chi connectivity index (χ1n) is 9.31. The lowest BCUT2D eigenvalue weighted by atomic mass is 10.0. The van der Waals surface area contributed by atoms with Gasteiger partial charge in [0.15, 0.2) is 0 Å². The number of nitrogens with zero attached hydrogens (tertiary/aromatic N) is 1. The van der Waals surface area contributed by atoms with E-state index < -0.39 is 10.0 Å². The minimum absolute atomic E-state index is 0.136. The van der Waals surface area contributed by atoms with Gasteiger partial charge in [0.25, 0.3) is 0 Å². The van der Waals surface area contributed by atoms with Gasteiger partial charge in [-0.25, -0.2) is 17.5 Å². The number of benzene rings is 2. The zero-order chi connectivity index (χ0) is 20.1. The van der Waals surface area contributed by atoms with E-state index in [1.54, 1.807) is 30.3 Å². The summed E-state index contributed by atoms with van der Waals surface area (Å²) in [5.41, 5.74) is 2.44. The molecule has 6 heteroatoms. The summed E-state index contributed by atoms with van der Waals surface area (Å²) in [4.78, 5) is 0.243. The van der Waals surface area contributed by atoms with Crippen LogP contribution >= 0.6 is 0 Å². The van der Waals surface area contributed by atoms with Gasteiger partial charge in [0.2, 0.25) is 10.0 Å². The van der Waals surface area contributed by atoms with Gasteiger partial charge in [-0.2, -0.15) is 0 Å². The van der Waals surface area contributed by atoms with Crippen LogP contribution in [-0.4, -0.2) is 13.0 Å². The van der Waals surface area contributed by atoms with Crippen LogP contribution in [0.3, 0.4) is 0 Å². The van der Waals surface area contributed by atoms with Crippen LogP contribution in [0.25, 0.3) is 0 Å². The van der Waals surface area contributed by atoms with Gasteiger partial charge in [-0.15, -0.1) is 0 Å². The normalized spacial score (nSPS) is 11.9. The third-order valence-corrected chi connectivity index (χ3v) is 5.96. The van der Waals surface area contributed by atoms with Gasteiger partial charge in [-0.1, -0.05) is 44.2 Å². The molecule has 0 aliphatic heterocycles. The van der Waals surface area contributed by atoms with Crippen LogP contribution in [0.5, 0.6) is 0 Å². The van der Waals surface area contributed by atoms with E-state index >= 15 is 0 Å². The lowest BCUT2D eigenvalue weighted by Crippen LogP contribution is -2.24. The van der Waals surface area contributed by atoms with Crippen LogP contribution in [0.1, 0.15) is 30.7 Å². The molecule has 3 rings (SSSR count). The zero-order valence-electron chi connectivity index (χ0n) is 16.1. The molecule has 0 atom stereocenters. The summed E-state index contributed by atoms with van der Waals surface area (Å²) in [6.07, 6.45) is 2.73. The number of sulfonamides is 1. The topological polar surface area (TPSA) is 51.1 Å². The van der Waals surface area contributed by atoms with Crippen LogP contribution in [0, 0.1) is 11.7 Å². The highest BCUT2D eigenvalue weighted by atomic mass is 32.2. The molecule has 0 unspecified atom stereocenters. The molecule has 1 N–H and O–H groups in total. The van der Waals surface area contributed by atoms with Gasteiger partial charge in [0, 0.05) is 17.5 Å². The Bertz CT molecular complexity index is 1020. The molecular formula is C22H25FN2O2S. The fourth-order valence-electron chi connectivity index (χ4n) is 3.10. The summed E-state index contributed by atoms with van der Waals surface area (Å²) in [7, 11) is -3.62. The van der Waals surface area contributed by atoms with Gasteiger partial charge in [0.05, 0.1) is 18.0 Å². The first-order valence-corrected chi connectivity index (χ1v) is 10.8. The molecule has 0 fully saturated rings. The van der Waals surface area contributed by atoms with Crippen molar-refractivity contribution in [3.8, 4) is 0 Å². The van der Waals surface area contributed by atoms with Crippen molar-refractivity contribution in [2.24, 2.45) is 5.92 Å². The molecule has 0 radical (unpaired) electrons. The fraction of sp³-hybridized carbons (Fsp3) is 0.273. The van der Waals surface area contributed by atoms with Gasteiger partial charge in [-0.05, 0) is 48.2 Å². The Balaban J connectivity index is 1.68. The number of nitrogens with one attached hydrogen (secondary N) is 1. The Morgan fingerprint density at radius 2 is 1.71 bits per heavy atom. The summed E-state index contributed by atoms with van der Waals surface area (Å²) in [5, 5.41) is 0. The molecule has 0 bridgehead atoms. The minimum atomic E-state index is -3.62. The second kappa shape index (κ2) is 8.71. The molecule has 0 aliphatic rings. The van der Waals surface area contributed by atoms with E-state index in [9.17, 15) is 12.8 Å². The van der Waals surface area contributed by atoms with E-state index in [1.165, 1.54) is 6.07 Å². The second-order valence-corrected chi connectivity index (χ2v) is 9.05. The predicted octanol–water partition coefficient (Wildman–Crippen LogP) is 4.35. The van der Waals surface area contributed by atoms with Gasteiger partial charge in [-0.3, -0.25) is 0 Å². The first kappa shape index (κ1) is 20.3. The monoisotopic (exact) mass is 400 g/mol. The van der Waals surface area contributed by atoms with Crippen LogP contribution in [-0.2, 0) is 29.5 Å². The van der Waals surface area contributed by atoms with Crippen molar-refractivity contribution in [1.29, 1.82) is 0 Å². The van der Waals surface area contributed by atoms with E-state index in [-0.39, 0.29) is 17.3 Å². The number of rotatable bonds is 8. The van der Waals surface area contributed by atoms with Crippen molar-refractivity contribution >= 4 is 10.0 Å². The Labute approximate surface area is 166 Å². The van der Waals surface area contributed by atoms with Crippen LogP contribution in [0.2, 0.25) is 0 Å². The fourth-order valence-corrected chi connectivity index (χ4v) is 4.10. The first-order chi connectivity index (χ1) is 13.3. The Morgan fingerprint density at radius 3 is 2.39 bits per heavy atom. The second-order valence-electron chi connectivity index (χ2n) is 7.29. The Hall–Kier alpha value is -2.44. The van der Waals surface area contributed by atoms with Gasteiger partial charge < -0.3 is 4.57 Å². The lowest BCUT2D eigenvalue weighted by molar-refractivity contribution is 0.574. The molecule has 1 aromatic heterocycles. The van der Waals surface area contributed by atoms with Crippen molar-refractivity contribution in [3.63, 3.8) is 0 Å². The highest BCUT2D eigenvalue weighted by molar-refractivity contribution is 7.89. The molecule has 148 valence electrons. The SMILES string of the molecule is CC(C)Cc1ccc(S(=O)(=O)NCc2cccn2Cc2ccccc2F)cc1. The molecule has 0 aliphatic carbocycles. The molecular weight excluding hydrogens is 375 g/mol. The van der Waals surface area contributed by atoms with Crippen molar-refractivity contribution in [1.82, 2.24) is 9.29 Å². The highest BCUT2D eigenvalue weighted by Crippen LogP contribution is 2.15. The summed E-state index contributed by atoms with van der Waals surface area (Å²) in [5.74, 6) is 0.243. The average Bonchev–Trinajstić information content (AvgIpc) is 3.09. The summed E-state index contributed by atoms with van der Waals surface area (Å²) in [6, 6.07) is 17.2. The third kappa shape index (κ3) is 5.09. The molecule has 0 amide bonds. The molecule has 0 saturated heterocycles. The molecule has 0 saturated carbocycles. The predicted molar refractivity (Wildman–Crippen MR) is 109 cm³/mol. The van der Waals surface area contributed by atoms with Crippen molar-refractivity contribution in [2.45, 2.75) is 38.3 Å². The number of halogens is 1. The van der Waals surface area contributed by atoms with E-state index in [4.69, 9.17) is 0 Å². The number of hydrogen-bond donors (Lipinski definition) is 1. The standard InChI is InChI=1S/C22H25FN2O2S/c1-17(2)14-18-9-11-21(12-10-18)28(26,27)24-15-20-7-5-13-25(20)16-19-6-3-4-8-22(19)23/h3-13,17,24H,14-16H2,1-2H3. The zero-order valence-corrected chi connectivity index (χ0v) is 16.9. The Kier molecular flexibility index (Phi) is 6.31. The molecule has 3 aromatic rings. The third-order valence-electron chi connectivity index (χ3n) is 4.54. The van der Waals surface area contributed by atoms with E-state index in [1.807, 2.05) is 35.0 Å². The lowest BCUT2D eigenvalue weighted by Gasteiger charge is -2.12. The largest absolute Gasteiger partial charge is 0.346 e. The van der Waals surface area contributed by atoms with Crippen LogP contribution in [0.15, 0.2) is 71.8 Å². The summed E-state index contributed by atoms with van der Waals surface area (Å²) < 4.78 is 43.6. The highest BCUT2D eigenvalue weighted by Gasteiger charge is 2.15. The van der Waals surface area contributed by atoms with Gasteiger partial charge in [0.1, 0.15) is 5.82 Å². The van der Waals surface area contributed by atoms with Gasteiger partial charge >= 0.3 is 0 Å². The van der Waals surface area contributed by atoms with Crippen molar-refractivity contribution in [2.75, 3.05) is 0 Å². The van der Waals surface area contributed by atoms with E-state index in [0.717, 1.165) is 17.7 Å². The molecule has 4 nitrogen and oxygen atoms in total. The smallest absolute Gasteiger partial charge is 0.240 e. The maximum absolute atomic E-state index is 13.9. The number of aromatic nitrogens is 1. The van der Waals surface area contributed by atoms with Crippen LogP contribution < -0.4 is 4.72 Å². The maximum Gasteiger partial charge on any atom is 0.240 e.